The van der Waals surface area contributed by atoms with Crippen LogP contribution in [0.3, 0.4) is 0 Å². The van der Waals surface area contributed by atoms with Crippen molar-refractivity contribution in [2.45, 2.75) is 6.54 Å². The van der Waals surface area contributed by atoms with Crippen LogP contribution in [0, 0.1) is 0 Å². The standard InChI is InChI=1S/C10H8N4O/c11-14-13-7-10-12-6-9(15-10)8-4-2-1-3-5-8/h1-6H,7H2. The highest BCUT2D eigenvalue weighted by Crippen LogP contribution is 2.19. The molecule has 5 nitrogen and oxygen atoms in total. The van der Waals surface area contributed by atoms with Gasteiger partial charge in [0.05, 0.1) is 6.20 Å². The van der Waals surface area contributed by atoms with Gasteiger partial charge < -0.3 is 4.42 Å². The van der Waals surface area contributed by atoms with Crippen LogP contribution in [-0.4, -0.2) is 4.98 Å². The number of hydrogen-bond acceptors (Lipinski definition) is 3. The van der Waals surface area contributed by atoms with E-state index >= 15 is 0 Å². The maximum absolute atomic E-state index is 8.14. The molecule has 1 heterocycles. The first-order valence-corrected chi connectivity index (χ1v) is 4.41. The molecule has 0 spiro atoms. The summed E-state index contributed by atoms with van der Waals surface area (Å²) >= 11 is 0. The van der Waals surface area contributed by atoms with E-state index in [1.165, 1.54) is 0 Å². The lowest BCUT2D eigenvalue weighted by Crippen LogP contribution is -1.76. The highest BCUT2D eigenvalue weighted by Gasteiger charge is 2.04. The molecule has 0 N–H and O–H groups in total. The van der Waals surface area contributed by atoms with Crippen molar-refractivity contribution < 1.29 is 4.42 Å². The minimum Gasteiger partial charge on any atom is -0.441 e. The van der Waals surface area contributed by atoms with Crippen LogP contribution in [0.2, 0.25) is 0 Å². The van der Waals surface area contributed by atoms with Crippen molar-refractivity contribution in [3.05, 3.63) is 52.9 Å². The third-order valence-corrected chi connectivity index (χ3v) is 1.88. The second-order valence-corrected chi connectivity index (χ2v) is 2.87. The van der Waals surface area contributed by atoms with Gasteiger partial charge in [-0.2, -0.15) is 0 Å². The first-order valence-electron chi connectivity index (χ1n) is 4.41. The summed E-state index contributed by atoms with van der Waals surface area (Å²) in [6, 6.07) is 9.63. The Balaban J connectivity index is 2.24. The van der Waals surface area contributed by atoms with Gasteiger partial charge in [0.2, 0.25) is 5.89 Å². The Morgan fingerprint density at radius 2 is 2.13 bits per heavy atom. The smallest absolute Gasteiger partial charge is 0.200 e. The molecule has 0 bridgehead atoms. The molecule has 2 rings (SSSR count). The number of nitrogens with zero attached hydrogens (tertiary/aromatic N) is 4. The monoisotopic (exact) mass is 200 g/mol. The molecule has 15 heavy (non-hydrogen) atoms. The van der Waals surface area contributed by atoms with Crippen molar-refractivity contribution in [2.24, 2.45) is 5.11 Å². The van der Waals surface area contributed by atoms with Gasteiger partial charge >= 0.3 is 0 Å². The molecule has 0 aliphatic rings. The molecule has 2 aromatic rings. The average Bonchev–Trinajstić information content (AvgIpc) is 2.76. The minimum absolute atomic E-state index is 0.142. The largest absolute Gasteiger partial charge is 0.441 e. The number of aromatic nitrogens is 1. The molecule has 0 saturated heterocycles. The van der Waals surface area contributed by atoms with E-state index < -0.39 is 0 Å². The lowest BCUT2D eigenvalue weighted by Gasteiger charge is -1.93. The zero-order valence-electron chi connectivity index (χ0n) is 7.87. The number of hydrogen-bond donors (Lipinski definition) is 0. The molecular formula is C10H8N4O. The van der Waals surface area contributed by atoms with E-state index in [0.29, 0.717) is 11.7 Å². The molecule has 0 aliphatic heterocycles. The summed E-state index contributed by atoms with van der Waals surface area (Å²) < 4.78 is 5.40. The summed E-state index contributed by atoms with van der Waals surface area (Å²) in [4.78, 5) is 6.64. The summed E-state index contributed by atoms with van der Waals surface area (Å²) in [5.41, 5.74) is 9.10. The third kappa shape index (κ3) is 2.15. The fraction of sp³-hybridized carbons (Fsp3) is 0.100. The molecule has 1 aromatic carbocycles. The zero-order valence-corrected chi connectivity index (χ0v) is 7.87. The molecule has 1 aromatic heterocycles. The summed E-state index contributed by atoms with van der Waals surface area (Å²) in [6.45, 7) is 0.142. The Hall–Kier alpha value is -2.26. The number of rotatable bonds is 3. The van der Waals surface area contributed by atoms with Gasteiger partial charge in [0.1, 0.15) is 6.54 Å². The van der Waals surface area contributed by atoms with Crippen LogP contribution >= 0.6 is 0 Å². The number of oxazole rings is 1. The normalized spacial score (nSPS) is 9.60. The lowest BCUT2D eigenvalue weighted by molar-refractivity contribution is 0.509. The Morgan fingerprint density at radius 1 is 1.33 bits per heavy atom. The Kier molecular flexibility index (Phi) is 2.67. The van der Waals surface area contributed by atoms with Crippen molar-refractivity contribution in [1.29, 1.82) is 0 Å². The summed E-state index contributed by atoms with van der Waals surface area (Å²) in [5.74, 6) is 1.10. The van der Waals surface area contributed by atoms with Crippen molar-refractivity contribution >= 4 is 0 Å². The quantitative estimate of drug-likeness (QED) is 0.433. The van der Waals surface area contributed by atoms with Crippen LogP contribution < -0.4 is 0 Å². The summed E-state index contributed by atoms with van der Waals surface area (Å²) in [5, 5.41) is 3.37. The van der Waals surface area contributed by atoms with Gasteiger partial charge in [-0.15, -0.1) is 0 Å². The molecule has 0 saturated carbocycles. The van der Waals surface area contributed by atoms with Gasteiger partial charge in [0.25, 0.3) is 0 Å². The van der Waals surface area contributed by atoms with Gasteiger partial charge in [-0.1, -0.05) is 35.4 Å². The van der Waals surface area contributed by atoms with Gasteiger partial charge in [-0.3, -0.25) is 0 Å². The fourth-order valence-corrected chi connectivity index (χ4v) is 1.21. The maximum Gasteiger partial charge on any atom is 0.200 e. The highest BCUT2D eigenvalue weighted by molar-refractivity contribution is 5.55. The first kappa shape index (κ1) is 9.30. The van der Waals surface area contributed by atoms with E-state index in [0.717, 1.165) is 5.56 Å². The molecule has 0 amide bonds. The molecule has 74 valence electrons. The summed E-state index contributed by atoms with van der Waals surface area (Å²) in [7, 11) is 0. The Bertz CT molecular complexity index is 485. The van der Waals surface area contributed by atoms with Crippen LogP contribution in [0.25, 0.3) is 21.8 Å². The SMILES string of the molecule is [N-]=[N+]=NCc1ncc(-c2ccccc2)o1. The van der Waals surface area contributed by atoms with E-state index in [-0.39, 0.29) is 6.54 Å². The second-order valence-electron chi connectivity index (χ2n) is 2.87. The molecular weight excluding hydrogens is 192 g/mol. The lowest BCUT2D eigenvalue weighted by atomic mass is 10.2. The Labute approximate surface area is 86.0 Å². The first-order chi connectivity index (χ1) is 7.40. The number of azide groups is 1. The predicted molar refractivity (Wildman–Crippen MR) is 54.8 cm³/mol. The van der Waals surface area contributed by atoms with Crippen molar-refractivity contribution in [1.82, 2.24) is 4.98 Å². The molecule has 0 fully saturated rings. The minimum atomic E-state index is 0.142. The molecule has 0 radical (unpaired) electrons. The predicted octanol–water partition coefficient (Wildman–Crippen LogP) is 3.15. The average molecular weight is 200 g/mol. The van der Waals surface area contributed by atoms with Crippen LogP contribution in [0.15, 0.2) is 46.1 Å². The molecule has 5 heteroatoms. The van der Waals surface area contributed by atoms with Gasteiger partial charge in [-0.05, 0) is 5.53 Å². The maximum atomic E-state index is 8.14. The molecule has 0 atom stereocenters. The zero-order chi connectivity index (χ0) is 10.5. The van der Waals surface area contributed by atoms with Crippen LogP contribution in [0.4, 0.5) is 0 Å². The van der Waals surface area contributed by atoms with Crippen molar-refractivity contribution in [3.63, 3.8) is 0 Å². The fourth-order valence-electron chi connectivity index (χ4n) is 1.21. The van der Waals surface area contributed by atoms with Gasteiger partial charge in [-0.25, -0.2) is 4.98 Å². The Morgan fingerprint density at radius 3 is 2.87 bits per heavy atom. The molecule has 0 unspecified atom stereocenters. The molecule has 0 aliphatic carbocycles. The van der Waals surface area contributed by atoms with Crippen molar-refractivity contribution in [3.8, 4) is 11.3 Å². The van der Waals surface area contributed by atoms with Crippen LogP contribution in [-0.2, 0) is 6.54 Å². The van der Waals surface area contributed by atoms with E-state index in [2.05, 4.69) is 15.0 Å². The van der Waals surface area contributed by atoms with Gasteiger partial charge in [0.15, 0.2) is 5.76 Å². The summed E-state index contributed by atoms with van der Waals surface area (Å²) in [6.07, 6.45) is 1.62. The second kappa shape index (κ2) is 4.30. The van der Waals surface area contributed by atoms with Gasteiger partial charge in [0, 0.05) is 10.5 Å². The topological polar surface area (TPSA) is 74.8 Å². The van der Waals surface area contributed by atoms with E-state index in [1.807, 2.05) is 30.3 Å². The van der Waals surface area contributed by atoms with E-state index in [1.54, 1.807) is 6.20 Å². The van der Waals surface area contributed by atoms with Crippen LogP contribution in [0.1, 0.15) is 5.89 Å². The van der Waals surface area contributed by atoms with E-state index in [9.17, 15) is 0 Å². The third-order valence-electron chi connectivity index (χ3n) is 1.88. The van der Waals surface area contributed by atoms with Crippen molar-refractivity contribution in [2.75, 3.05) is 0 Å². The van der Waals surface area contributed by atoms with Crippen LogP contribution in [0.5, 0.6) is 0 Å². The van der Waals surface area contributed by atoms with E-state index in [4.69, 9.17) is 9.95 Å². The highest BCUT2D eigenvalue weighted by atomic mass is 16.4. The number of benzene rings is 1.